The van der Waals surface area contributed by atoms with Gasteiger partial charge in [0.15, 0.2) is 0 Å². The van der Waals surface area contributed by atoms with Crippen LogP contribution in [0, 0.1) is 5.82 Å². The predicted molar refractivity (Wildman–Crippen MR) is 81.2 cm³/mol. The number of benzene rings is 1. The van der Waals surface area contributed by atoms with E-state index in [0.29, 0.717) is 12.1 Å². The zero-order valence-corrected chi connectivity index (χ0v) is 11.9. The Labute approximate surface area is 125 Å². The lowest BCUT2D eigenvalue weighted by atomic mass is 10.2. The molecule has 0 aliphatic heterocycles. The number of carbonyl (C=O) groups excluding carboxylic acids is 1. The molecule has 0 saturated carbocycles. The SMILES string of the molecule is O=C(NCc1ccsc1-n1cccc1)c1cccc(F)c1. The number of hydrogen-bond acceptors (Lipinski definition) is 2. The van der Waals surface area contributed by atoms with Gasteiger partial charge in [-0.1, -0.05) is 6.07 Å². The molecule has 0 bridgehead atoms. The first-order valence-corrected chi connectivity index (χ1v) is 7.35. The highest BCUT2D eigenvalue weighted by Crippen LogP contribution is 2.21. The Morgan fingerprint density at radius 3 is 2.76 bits per heavy atom. The summed E-state index contributed by atoms with van der Waals surface area (Å²) in [5.41, 5.74) is 1.36. The first-order chi connectivity index (χ1) is 10.2. The molecule has 2 aromatic heterocycles. The Hall–Kier alpha value is -2.40. The average molecular weight is 300 g/mol. The van der Waals surface area contributed by atoms with Crippen molar-refractivity contribution in [2.45, 2.75) is 6.54 Å². The molecule has 5 heteroatoms. The van der Waals surface area contributed by atoms with E-state index in [4.69, 9.17) is 0 Å². The second kappa shape index (κ2) is 5.93. The molecule has 1 N–H and O–H groups in total. The Morgan fingerprint density at radius 2 is 2.00 bits per heavy atom. The van der Waals surface area contributed by atoms with E-state index in [1.54, 1.807) is 17.4 Å². The number of nitrogens with zero attached hydrogens (tertiary/aromatic N) is 1. The fraction of sp³-hybridized carbons (Fsp3) is 0.0625. The molecule has 0 unspecified atom stereocenters. The minimum absolute atomic E-state index is 0.279. The lowest BCUT2D eigenvalue weighted by Gasteiger charge is -2.07. The highest BCUT2D eigenvalue weighted by atomic mass is 32.1. The van der Waals surface area contributed by atoms with Gasteiger partial charge in [0, 0.05) is 30.1 Å². The van der Waals surface area contributed by atoms with E-state index in [9.17, 15) is 9.18 Å². The second-order valence-corrected chi connectivity index (χ2v) is 5.43. The molecule has 3 rings (SSSR count). The summed E-state index contributed by atoms with van der Waals surface area (Å²) < 4.78 is 15.1. The molecule has 1 amide bonds. The summed E-state index contributed by atoms with van der Waals surface area (Å²) in [6, 6.07) is 11.6. The molecule has 3 nitrogen and oxygen atoms in total. The molecule has 0 aliphatic rings. The Kier molecular flexibility index (Phi) is 3.83. The highest BCUT2D eigenvalue weighted by Gasteiger charge is 2.09. The number of amides is 1. The van der Waals surface area contributed by atoms with Crippen molar-refractivity contribution in [2.24, 2.45) is 0 Å². The minimum Gasteiger partial charge on any atom is -0.348 e. The van der Waals surface area contributed by atoms with Crippen LogP contribution < -0.4 is 5.32 Å². The van der Waals surface area contributed by atoms with Crippen LogP contribution in [0.5, 0.6) is 0 Å². The smallest absolute Gasteiger partial charge is 0.251 e. The zero-order chi connectivity index (χ0) is 14.7. The lowest BCUT2D eigenvalue weighted by Crippen LogP contribution is -2.23. The lowest BCUT2D eigenvalue weighted by molar-refractivity contribution is 0.0950. The van der Waals surface area contributed by atoms with E-state index in [0.717, 1.165) is 10.6 Å². The van der Waals surface area contributed by atoms with Crippen LogP contribution in [-0.4, -0.2) is 10.5 Å². The Balaban J connectivity index is 1.71. The van der Waals surface area contributed by atoms with Gasteiger partial charge in [-0.2, -0.15) is 0 Å². The largest absolute Gasteiger partial charge is 0.348 e. The van der Waals surface area contributed by atoms with Crippen LogP contribution in [0.15, 0.2) is 60.2 Å². The van der Waals surface area contributed by atoms with Crippen molar-refractivity contribution in [3.63, 3.8) is 0 Å². The molecule has 0 atom stereocenters. The van der Waals surface area contributed by atoms with Gasteiger partial charge in [-0.25, -0.2) is 4.39 Å². The molecule has 0 spiro atoms. The fourth-order valence-electron chi connectivity index (χ4n) is 2.07. The van der Waals surface area contributed by atoms with Crippen molar-refractivity contribution in [2.75, 3.05) is 0 Å². The molecular weight excluding hydrogens is 287 g/mol. The van der Waals surface area contributed by atoms with E-state index in [-0.39, 0.29) is 5.91 Å². The van der Waals surface area contributed by atoms with Crippen LogP contribution in [0.3, 0.4) is 0 Å². The van der Waals surface area contributed by atoms with Crippen molar-refractivity contribution < 1.29 is 9.18 Å². The van der Waals surface area contributed by atoms with Gasteiger partial charge < -0.3 is 9.88 Å². The van der Waals surface area contributed by atoms with Crippen molar-refractivity contribution in [1.82, 2.24) is 9.88 Å². The van der Waals surface area contributed by atoms with Gasteiger partial charge in [0.25, 0.3) is 5.91 Å². The fourth-order valence-corrected chi connectivity index (χ4v) is 2.96. The maximum atomic E-state index is 13.1. The van der Waals surface area contributed by atoms with Gasteiger partial charge in [0.1, 0.15) is 10.8 Å². The van der Waals surface area contributed by atoms with Gasteiger partial charge in [0.2, 0.25) is 0 Å². The Bertz CT molecular complexity index is 749. The molecule has 1 aromatic carbocycles. The molecular formula is C16H13FN2OS. The molecule has 21 heavy (non-hydrogen) atoms. The van der Waals surface area contributed by atoms with Gasteiger partial charge in [0.05, 0.1) is 0 Å². The summed E-state index contributed by atoms with van der Waals surface area (Å²) in [5, 5.41) is 5.87. The van der Waals surface area contributed by atoms with E-state index >= 15 is 0 Å². The molecule has 0 aliphatic carbocycles. The van der Waals surface area contributed by atoms with Gasteiger partial charge in [-0.15, -0.1) is 11.3 Å². The second-order valence-electron chi connectivity index (χ2n) is 4.53. The third-order valence-electron chi connectivity index (χ3n) is 3.09. The summed E-state index contributed by atoms with van der Waals surface area (Å²) >= 11 is 1.61. The summed E-state index contributed by atoms with van der Waals surface area (Å²) in [7, 11) is 0. The molecule has 106 valence electrons. The number of hydrogen-bond donors (Lipinski definition) is 1. The molecule has 0 radical (unpaired) electrons. The first-order valence-electron chi connectivity index (χ1n) is 6.47. The van der Waals surface area contributed by atoms with Gasteiger partial charge in [-0.05, 0) is 41.8 Å². The molecule has 3 aromatic rings. The number of aromatic nitrogens is 1. The van der Waals surface area contributed by atoms with E-state index < -0.39 is 5.82 Å². The van der Waals surface area contributed by atoms with Crippen LogP contribution in [0.1, 0.15) is 15.9 Å². The zero-order valence-electron chi connectivity index (χ0n) is 11.1. The number of carbonyl (C=O) groups is 1. The third kappa shape index (κ3) is 3.03. The van der Waals surface area contributed by atoms with Crippen molar-refractivity contribution in [3.8, 4) is 5.00 Å². The molecule has 2 heterocycles. The van der Waals surface area contributed by atoms with Crippen LogP contribution in [0.25, 0.3) is 5.00 Å². The van der Waals surface area contributed by atoms with E-state index in [1.165, 1.54) is 18.2 Å². The van der Waals surface area contributed by atoms with Crippen LogP contribution >= 0.6 is 11.3 Å². The maximum absolute atomic E-state index is 13.1. The summed E-state index contributed by atoms with van der Waals surface area (Å²) in [5.74, 6) is -0.689. The number of thiophene rings is 1. The van der Waals surface area contributed by atoms with Crippen LogP contribution in [0.4, 0.5) is 4.39 Å². The summed E-state index contributed by atoms with van der Waals surface area (Å²) in [6.45, 7) is 0.409. The minimum atomic E-state index is -0.411. The predicted octanol–water partition coefficient (Wildman–Crippen LogP) is 3.61. The number of rotatable bonds is 4. The quantitative estimate of drug-likeness (QED) is 0.784. The highest BCUT2D eigenvalue weighted by molar-refractivity contribution is 7.12. The van der Waals surface area contributed by atoms with E-state index in [1.807, 2.05) is 40.5 Å². The van der Waals surface area contributed by atoms with Crippen molar-refractivity contribution in [3.05, 3.63) is 77.2 Å². The van der Waals surface area contributed by atoms with Crippen LogP contribution in [-0.2, 0) is 6.54 Å². The molecule has 0 fully saturated rings. The number of halogens is 1. The summed E-state index contributed by atoms with van der Waals surface area (Å²) in [6.07, 6.45) is 3.92. The van der Waals surface area contributed by atoms with Gasteiger partial charge in [-0.3, -0.25) is 4.79 Å². The van der Waals surface area contributed by atoms with Crippen molar-refractivity contribution in [1.29, 1.82) is 0 Å². The first kappa shape index (κ1) is 13.6. The monoisotopic (exact) mass is 300 g/mol. The normalized spacial score (nSPS) is 10.5. The van der Waals surface area contributed by atoms with E-state index in [2.05, 4.69) is 5.32 Å². The standard InChI is InChI=1S/C16H13FN2OS/c17-14-5-3-4-12(10-14)15(20)18-11-13-6-9-21-16(13)19-7-1-2-8-19/h1-10H,11H2,(H,18,20). The summed E-state index contributed by atoms with van der Waals surface area (Å²) in [4.78, 5) is 12.0. The topological polar surface area (TPSA) is 34.0 Å². The van der Waals surface area contributed by atoms with Crippen molar-refractivity contribution >= 4 is 17.2 Å². The Morgan fingerprint density at radius 1 is 1.19 bits per heavy atom. The molecule has 0 saturated heterocycles. The van der Waals surface area contributed by atoms with Crippen LogP contribution in [0.2, 0.25) is 0 Å². The maximum Gasteiger partial charge on any atom is 0.251 e. The van der Waals surface area contributed by atoms with Gasteiger partial charge >= 0.3 is 0 Å². The number of nitrogens with one attached hydrogen (secondary N) is 1. The average Bonchev–Trinajstić information content (AvgIpc) is 3.15. The third-order valence-corrected chi connectivity index (χ3v) is 4.06.